The number of carbonyl (C=O) groups is 1. The minimum atomic E-state index is -0.146. The fraction of sp³-hybridized carbons (Fsp3) is 0.500. The van der Waals surface area contributed by atoms with Crippen LogP contribution in [-0.4, -0.2) is 37.0 Å². The normalized spacial score (nSPS) is 10.5. The fourth-order valence-electron chi connectivity index (χ4n) is 1.78. The predicted octanol–water partition coefficient (Wildman–Crippen LogP) is 2.96. The summed E-state index contributed by atoms with van der Waals surface area (Å²) in [6, 6.07) is 10.3. The van der Waals surface area contributed by atoms with Crippen LogP contribution in [-0.2, 0) is 11.2 Å². The van der Waals surface area contributed by atoms with E-state index in [4.69, 9.17) is 0 Å². The molecule has 1 amide bonds. The molecule has 1 aromatic carbocycles. The molecule has 0 heterocycles. The Kier molecular flexibility index (Phi) is 13.5. The van der Waals surface area contributed by atoms with E-state index in [1.165, 1.54) is 5.56 Å². The summed E-state index contributed by atoms with van der Waals surface area (Å²) >= 11 is 0. The standard InChI is InChI=1S/C14H22N2O.C2H6.C2H2/c1-11(2)15-13(14(17)16(3)4)10-12-8-6-5-7-9-12;2*1-2/h5-9,11,13,15H,10H2,1-4H3;1-2H3;1-2H. The molecule has 0 aliphatic carbocycles. The molecule has 1 rings (SSSR count). The molecule has 118 valence electrons. The van der Waals surface area contributed by atoms with Crippen molar-refractivity contribution in [1.29, 1.82) is 0 Å². The Bertz CT molecular complexity index is 383. The molecule has 0 aromatic heterocycles. The van der Waals surface area contributed by atoms with Crippen LogP contribution in [0.15, 0.2) is 30.3 Å². The van der Waals surface area contributed by atoms with Crippen LogP contribution in [0, 0.1) is 12.8 Å². The van der Waals surface area contributed by atoms with E-state index in [-0.39, 0.29) is 11.9 Å². The minimum Gasteiger partial charge on any atom is -0.347 e. The summed E-state index contributed by atoms with van der Waals surface area (Å²) in [5, 5.41) is 3.32. The first-order valence-corrected chi connectivity index (χ1v) is 7.35. The SMILES string of the molecule is C#C.CC.CC(C)NC(Cc1ccccc1)C(=O)N(C)C. The van der Waals surface area contributed by atoms with E-state index in [0.717, 1.165) is 6.42 Å². The average Bonchev–Trinajstić information content (AvgIpc) is 2.50. The van der Waals surface area contributed by atoms with Gasteiger partial charge in [-0.25, -0.2) is 0 Å². The fourth-order valence-corrected chi connectivity index (χ4v) is 1.78. The number of carbonyl (C=O) groups excluding carboxylic acids is 1. The smallest absolute Gasteiger partial charge is 0.239 e. The van der Waals surface area contributed by atoms with Gasteiger partial charge in [-0.15, -0.1) is 12.8 Å². The van der Waals surface area contributed by atoms with Crippen LogP contribution < -0.4 is 5.32 Å². The summed E-state index contributed by atoms with van der Waals surface area (Å²) in [5.74, 6) is 0.127. The molecule has 0 spiro atoms. The quantitative estimate of drug-likeness (QED) is 0.846. The van der Waals surface area contributed by atoms with Gasteiger partial charge < -0.3 is 10.2 Å². The van der Waals surface area contributed by atoms with Crippen LogP contribution in [0.25, 0.3) is 0 Å². The molecule has 1 N–H and O–H groups in total. The molecule has 1 unspecified atom stereocenters. The van der Waals surface area contributed by atoms with Gasteiger partial charge >= 0.3 is 0 Å². The Morgan fingerprint density at radius 2 is 1.62 bits per heavy atom. The summed E-state index contributed by atoms with van der Waals surface area (Å²) in [6.07, 6.45) is 8.73. The van der Waals surface area contributed by atoms with Crippen molar-refractivity contribution in [3.63, 3.8) is 0 Å². The highest BCUT2D eigenvalue weighted by atomic mass is 16.2. The molecule has 0 fully saturated rings. The largest absolute Gasteiger partial charge is 0.347 e. The number of nitrogens with one attached hydrogen (secondary N) is 1. The summed E-state index contributed by atoms with van der Waals surface area (Å²) in [6.45, 7) is 8.11. The molecule has 3 heteroatoms. The lowest BCUT2D eigenvalue weighted by atomic mass is 10.0. The van der Waals surface area contributed by atoms with Crippen molar-refractivity contribution in [3.05, 3.63) is 35.9 Å². The maximum atomic E-state index is 12.0. The average molecular weight is 290 g/mol. The van der Waals surface area contributed by atoms with Gasteiger partial charge in [0.1, 0.15) is 0 Å². The first-order valence-electron chi connectivity index (χ1n) is 7.35. The molecule has 0 radical (unpaired) electrons. The molecular formula is C18H30N2O. The molecule has 0 aliphatic rings. The Balaban J connectivity index is 0. The summed E-state index contributed by atoms with van der Waals surface area (Å²) in [7, 11) is 3.59. The maximum absolute atomic E-state index is 12.0. The van der Waals surface area contributed by atoms with Crippen molar-refractivity contribution in [3.8, 4) is 12.8 Å². The van der Waals surface area contributed by atoms with Crippen molar-refractivity contribution >= 4 is 5.91 Å². The predicted molar refractivity (Wildman–Crippen MR) is 92.1 cm³/mol. The van der Waals surface area contributed by atoms with Gasteiger partial charge in [0.25, 0.3) is 0 Å². The van der Waals surface area contributed by atoms with Crippen LogP contribution >= 0.6 is 0 Å². The van der Waals surface area contributed by atoms with E-state index < -0.39 is 0 Å². The van der Waals surface area contributed by atoms with Gasteiger partial charge in [0.15, 0.2) is 0 Å². The molecule has 21 heavy (non-hydrogen) atoms. The van der Waals surface area contributed by atoms with Gasteiger partial charge in [-0.1, -0.05) is 58.0 Å². The third kappa shape index (κ3) is 9.70. The van der Waals surface area contributed by atoms with E-state index in [1.807, 2.05) is 32.0 Å². The lowest BCUT2D eigenvalue weighted by molar-refractivity contribution is -0.131. The second kappa shape index (κ2) is 13.2. The van der Waals surface area contributed by atoms with Crippen molar-refractivity contribution < 1.29 is 4.79 Å². The Morgan fingerprint density at radius 3 is 2.00 bits per heavy atom. The molecule has 0 aliphatic heterocycles. The number of amides is 1. The molecule has 1 atom stereocenters. The Morgan fingerprint density at radius 1 is 1.14 bits per heavy atom. The summed E-state index contributed by atoms with van der Waals surface area (Å²) < 4.78 is 0. The van der Waals surface area contributed by atoms with Gasteiger partial charge in [-0.2, -0.15) is 0 Å². The van der Waals surface area contributed by atoms with Crippen molar-refractivity contribution in [2.24, 2.45) is 0 Å². The number of likely N-dealkylation sites (N-methyl/N-ethyl adjacent to an activating group) is 1. The highest BCUT2D eigenvalue weighted by molar-refractivity contribution is 5.81. The van der Waals surface area contributed by atoms with Crippen LogP contribution in [0.5, 0.6) is 0 Å². The van der Waals surface area contributed by atoms with Crippen molar-refractivity contribution in [2.75, 3.05) is 14.1 Å². The first kappa shape index (κ1) is 21.5. The number of benzene rings is 1. The second-order valence-electron chi connectivity index (χ2n) is 4.80. The molecule has 1 aromatic rings. The highest BCUT2D eigenvalue weighted by Crippen LogP contribution is 2.05. The van der Waals surface area contributed by atoms with E-state index in [1.54, 1.807) is 19.0 Å². The van der Waals surface area contributed by atoms with Gasteiger partial charge in [0, 0.05) is 20.1 Å². The number of rotatable bonds is 5. The van der Waals surface area contributed by atoms with Gasteiger partial charge in [0.2, 0.25) is 5.91 Å². The van der Waals surface area contributed by atoms with E-state index in [2.05, 4.69) is 44.1 Å². The lowest BCUT2D eigenvalue weighted by Crippen LogP contribution is -2.47. The van der Waals surface area contributed by atoms with Crippen LogP contribution in [0.4, 0.5) is 0 Å². The van der Waals surface area contributed by atoms with E-state index in [0.29, 0.717) is 6.04 Å². The lowest BCUT2D eigenvalue weighted by Gasteiger charge is -2.23. The van der Waals surface area contributed by atoms with E-state index in [9.17, 15) is 4.79 Å². The van der Waals surface area contributed by atoms with Gasteiger partial charge in [-0.3, -0.25) is 4.79 Å². The van der Waals surface area contributed by atoms with Gasteiger partial charge in [-0.05, 0) is 12.0 Å². The van der Waals surface area contributed by atoms with Crippen LogP contribution in [0.1, 0.15) is 33.3 Å². The molecule has 0 saturated carbocycles. The van der Waals surface area contributed by atoms with Gasteiger partial charge in [0.05, 0.1) is 6.04 Å². The summed E-state index contributed by atoms with van der Waals surface area (Å²) in [5.41, 5.74) is 1.18. The van der Waals surface area contributed by atoms with Crippen LogP contribution in [0.2, 0.25) is 0 Å². The number of nitrogens with zero attached hydrogens (tertiary/aromatic N) is 1. The third-order valence-electron chi connectivity index (χ3n) is 2.56. The zero-order chi connectivity index (χ0) is 16.8. The Hall–Kier alpha value is -1.79. The molecule has 0 bridgehead atoms. The topological polar surface area (TPSA) is 32.3 Å². The molecular weight excluding hydrogens is 260 g/mol. The van der Waals surface area contributed by atoms with E-state index >= 15 is 0 Å². The Labute approximate surface area is 130 Å². The third-order valence-corrected chi connectivity index (χ3v) is 2.56. The molecule has 3 nitrogen and oxygen atoms in total. The van der Waals surface area contributed by atoms with Crippen molar-refractivity contribution in [1.82, 2.24) is 10.2 Å². The highest BCUT2D eigenvalue weighted by Gasteiger charge is 2.20. The number of terminal acetylenes is 1. The maximum Gasteiger partial charge on any atom is 0.239 e. The van der Waals surface area contributed by atoms with Crippen LogP contribution in [0.3, 0.4) is 0 Å². The zero-order valence-corrected chi connectivity index (χ0v) is 14.3. The summed E-state index contributed by atoms with van der Waals surface area (Å²) in [4.78, 5) is 13.7. The second-order valence-corrected chi connectivity index (χ2v) is 4.80. The number of hydrogen-bond acceptors (Lipinski definition) is 2. The zero-order valence-electron chi connectivity index (χ0n) is 14.3. The minimum absolute atomic E-state index is 0.127. The van der Waals surface area contributed by atoms with Crippen molar-refractivity contribution in [2.45, 2.75) is 46.2 Å². The monoisotopic (exact) mass is 290 g/mol. The molecule has 0 saturated heterocycles. The number of hydrogen-bond donors (Lipinski definition) is 1. The first-order chi connectivity index (χ1) is 10.0.